The number of hydrogen-bond acceptors (Lipinski definition) is 2. The van der Waals surface area contributed by atoms with Crippen LogP contribution in [0.15, 0.2) is 0 Å². The summed E-state index contributed by atoms with van der Waals surface area (Å²) < 4.78 is 0. The molecule has 0 atom stereocenters. The molecule has 4 saturated carbocycles. The highest BCUT2D eigenvalue weighted by Crippen LogP contribution is 2.60. The fourth-order valence-electron chi connectivity index (χ4n) is 5.63. The average Bonchev–Trinajstić information content (AvgIpc) is 2.41. The summed E-state index contributed by atoms with van der Waals surface area (Å²) in [7, 11) is 1.88. The number of amides is 2. The van der Waals surface area contributed by atoms with Gasteiger partial charge in [-0.1, -0.05) is 0 Å². The monoisotopic (exact) mass is 308 g/mol. The smallest absolute Gasteiger partial charge is 0.317 e. The molecule has 0 spiro atoms. The van der Waals surface area contributed by atoms with Gasteiger partial charge < -0.3 is 15.3 Å². The first-order valence-electron chi connectivity index (χ1n) is 8.66. The van der Waals surface area contributed by atoms with Gasteiger partial charge in [0.05, 0.1) is 0 Å². The Bertz CT molecular complexity index is 414. The zero-order chi connectivity index (χ0) is 15.7. The standard InChI is InChI=1S/C17H28N2O3/c1-19(16(22)18-4-2-3-15(20)21)11-17-8-12-5-13(9-17)7-14(6-12)10-17/h12-14H,2-11H2,1H3,(H,18,22)(H,20,21). The maximum atomic E-state index is 12.2. The van der Waals surface area contributed by atoms with Gasteiger partial charge in [0.25, 0.3) is 0 Å². The molecule has 0 radical (unpaired) electrons. The molecule has 124 valence electrons. The largest absolute Gasteiger partial charge is 0.481 e. The van der Waals surface area contributed by atoms with Gasteiger partial charge in [-0.2, -0.15) is 0 Å². The zero-order valence-corrected chi connectivity index (χ0v) is 13.5. The van der Waals surface area contributed by atoms with Crippen molar-refractivity contribution in [2.75, 3.05) is 20.1 Å². The molecule has 2 N–H and O–H groups in total. The molecule has 4 aliphatic rings. The summed E-state index contributed by atoms with van der Waals surface area (Å²) in [5.41, 5.74) is 0.363. The lowest BCUT2D eigenvalue weighted by molar-refractivity contribution is -0.137. The SMILES string of the molecule is CN(CC12CC3CC(CC(C3)C1)C2)C(=O)NCCCC(=O)O. The van der Waals surface area contributed by atoms with Crippen LogP contribution in [0.3, 0.4) is 0 Å². The highest BCUT2D eigenvalue weighted by atomic mass is 16.4. The fraction of sp³-hybridized carbons (Fsp3) is 0.882. The zero-order valence-electron chi connectivity index (χ0n) is 13.5. The molecule has 22 heavy (non-hydrogen) atoms. The lowest BCUT2D eigenvalue weighted by Crippen LogP contribution is -2.52. The van der Waals surface area contributed by atoms with Crippen LogP contribution in [0.4, 0.5) is 4.79 Å². The second-order valence-corrected chi connectivity index (χ2v) is 8.00. The van der Waals surface area contributed by atoms with Crippen molar-refractivity contribution in [3.63, 3.8) is 0 Å². The molecule has 4 bridgehead atoms. The molecule has 4 rings (SSSR count). The molecule has 2 amide bonds. The van der Waals surface area contributed by atoms with Crippen LogP contribution >= 0.6 is 0 Å². The van der Waals surface area contributed by atoms with E-state index in [9.17, 15) is 9.59 Å². The van der Waals surface area contributed by atoms with E-state index < -0.39 is 5.97 Å². The number of nitrogens with one attached hydrogen (secondary N) is 1. The van der Waals surface area contributed by atoms with Crippen LogP contribution in [0.5, 0.6) is 0 Å². The average molecular weight is 308 g/mol. The molecular weight excluding hydrogens is 280 g/mol. The Morgan fingerprint density at radius 2 is 1.68 bits per heavy atom. The van der Waals surface area contributed by atoms with Gasteiger partial charge in [-0.05, 0) is 68.1 Å². The first-order chi connectivity index (χ1) is 10.5. The Balaban J connectivity index is 1.48. The van der Waals surface area contributed by atoms with Gasteiger partial charge in [0.2, 0.25) is 0 Å². The van der Waals surface area contributed by atoms with Crippen LogP contribution < -0.4 is 5.32 Å². The van der Waals surface area contributed by atoms with E-state index in [-0.39, 0.29) is 12.5 Å². The summed E-state index contributed by atoms with van der Waals surface area (Å²) in [6.07, 6.45) is 8.77. The van der Waals surface area contributed by atoms with Gasteiger partial charge in [0.1, 0.15) is 0 Å². The summed E-state index contributed by atoms with van der Waals surface area (Å²) in [5, 5.41) is 11.5. The van der Waals surface area contributed by atoms with Gasteiger partial charge in [-0.15, -0.1) is 0 Å². The minimum absolute atomic E-state index is 0.0545. The molecule has 0 aromatic rings. The summed E-state index contributed by atoms with van der Waals surface area (Å²) in [6, 6.07) is -0.0545. The van der Waals surface area contributed by atoms with Crippen molar-refractivity contribution in [2.45, 2.75) is 51.4 Å². The van der Waals surface area contributed by atoms with E-state index in [1.165, 1.54) is 38.5 Å². The predicted octanol–water partition coefficient (Wildman–Crippen LogP) is 2.71. The molecule has 0 saturated heterocycles. The van der Waals surface area contributed by atoms with Crippen molar-refractivity contribution in [2.24, 2.45) is 23.2 Å². The third kappa shape index (κ3) is 3.39. The lowest BCUT2D eigenvalue weighted by atomic mass is 9.49. The molecule has 4 aliphatic carbocycles. The quantitative estimate of drug-likeness (QED) is 0.741. The van der Waals surface area contributed by atoms with Crippen LogP contribution in [0.1, 0.15) is 51.4 Å². The van der Waals surface area contributed by atoms with Crippen molar-refractivity contribution in [1.29, 1.82) is 0 Å². The number of urea groups is 1. The second kappa shape index (κ2) is 6.09. The van der Waals surface area contributed by atoms with Crippen molar-refractivity contribution in [1.82, 2.24) is 10.2 Å². The normalized spacial score (nSPS) is 35.4. The molecular formula is C17H28N2O3. The van der Waals surface area contributed by atoms with Crippen molar-refractivity contribution >= 4 is 12.0 Å². The molecule has 5 nitrogen and oxygen atoms in total. The third-order valence-corrected chi connectivity index (χ3v) is 5.93. The molecule has 4 fully saturated rings. The summed E-state index contributed by atoms with van der Waals surface area (Å²) in [4.78, 5) is 24.5. The lowest BCUT2D eigenvalue weighted by Gasteiger charge is -2.57. The first kappa shape index (κ1) is 15.6. The van der Waals surface area contributed by atoms with E-state index >= 15 is 0 Å². The van der Waals surface area contributed by atoms with Crippen LogP contribution in [0.2, 0.25) is 0 Å². The number of carboxylic acids is 1. The molecule has 5 heteroatoms. The molecule has 0 heterocycles. The topological polar surface area (TPSA) is 69.6 Å². The minimum Gasteiger partial charge on any atom is -0.481 e. The Kier molecular flexibility index (Phi) is 4.33. The summed E-state index contributed by atoms with van der Waals surface area (Å²) in [5.74, 6) is 1.89. The number of carbonyl (C=O) groups is 2. The van der Waals surface area contributed by atoms with E-state index in [0.29, 0.717) is 18.4 Å². The van der Waals surface area contributed by atoms with Gasteiger partial charge in [-0.3, -0.25) is 4.79 Å². The summed E-state index contributed by atoms with van der Waals surface area (Å²) in [6.45, 7) is 1.30. The van der Waals surface area contributed by atoms with Crippen molar-refractivity contribution in [3.05, 3.63) is 0 Å². The van der Waals surface area contributed by atoms with E-state index in [1.54, 1.807) is 0 Å². The number of nitrogens with zero attached hydrogens (tertiary/aromatic N) is 1. The predicted molar refractivity (Wildman–Crippen MR) is 83.5 cm³/mol. The second-order valence-electron chi connectivity index (χ2n) is 8.00. The highest BCUT2D eigenvalue weighted by molar-refractivity contribution is 5.74. The van der Waals surface area contributed by atoms with Crippen LogP contribution in [0, 0.1) is 23.2 Å². The first-order valence-corrected chi connectivity index (χ1v) is 8.66. The minimum atomic E-state index is -0.809. The van der Waals surface area contributed by atoms with Gasteiger partial charge in [0.15, 0.2) is 0 Å². The number of carbonyl (C=O) groups excluding carboxylic acids is 1. The van der Waals surface area contributed by atoms with Crippen molar-refractivity contribution < 1.29 is 14.7 Å². The summed E-state index contributed by atoms with van der Waals surface area (Å²) >= 11 is 0. The van der Waals surface area contributed by atoms with Gasteiger partial charge >= 0.3 is 12.0 Å². The van der Waals surface area contributed by atoms with E-state index in [0.717, 1.165) is 24.3 Å². The van der Waals surface area contributed by atoms with Crippen LogP contribution in [-0.4, -0.2) is 42.1 Å². The highest BCUT2D eigenvalue weighted by Gasteiger charge is 2.51. The van der Waals surface area contributed by atoms with Crippen LogP contribution in [-0.2, 0) is 4.79 Å². The maximum absolute atomic E-state index is 12.2. The Morgan fingerprint density at radius 1 is 1.14 bits per heavy atom. The fourth-order valence-corrected chi connectivity index (χ4v) is 5.63. The number of hydrogen-bond donors (Lipinski definition) is 2. The Morgan fingerprint density at radius 3 is 2.18 bits per heavy atom. The van der Waals surface area contributed by atoms with Crippen molar-refractivity contribution in [3.8, 4) is 0 Å². The maximum Gasteiger partial charge on any atom is 0.317 e. The molecule has 0 aliphatic heterocycles. The molecule has 0 aromatic heterocycles. The van der Waals surface area contributed by atoms with E-state index in [2.05, 4.69) is 5.32 Å². The van der Waals surface area contributed by atoms with Gasteiger partial charge in [-0.25, -0.2) is 4.79 Å². The van der Waals surface area contributed by atoms with E-state index in [1.807, 2.05) is 11.9 Å². The number of rotatable bonds is 6. The third-order valence-electron chi connectivity index (χ3n) is 5.93. The number of aliphatic carboxylic acids is 1. The Hall–Kier alpha value is -1.26. The van der Waals surface area contributed by atoms with Gasteiger partial charge in [0, 0.05) is 26.6 Å². The molecule has 0 unspecified atom stereocenters. The Labute approximate surface area is 132 Å². The van der Waals surface area contributed by atoms with Crippen LogP contribution in [0.25, 0.3) is 0 Å². The molecule has 0 aromatic carbocycles. The number of carboxylic acid groups (broad SMARTS) is 1. The van der Waals surface area contributed by atoms with E-state index in [4.69, 9.17) is 5.11 Å².